The van der Waals surface area contributed by atoms with Gasteiger partial charge < -0.3 is 4.90 Å². The number of nitrogens with one attached hydrogen (secondary N) is 1. The summed E-state index contributed by atoms with van der Waals surface area (Å²) in [5, 5.41) is 7.03. The molecular formula is C10H15N3O. The van der Waals surface area contributed by atoms with E-state index in [0.717, 1.165) is 19.5 Å². The smallest absolute Gasteiger partial charge is 0.219 e. The van der Waals surface area contributed by atoms with Crippen LogP contribution in [0.25, 0.3) is 0 Å². The fourth-order valence-corrected chi connectivity index (χ4v) is 2.05. The van der Waals surface area contributed by atoms with Gasteiger partial charge in [0.25, 0.3) is 0 Å². The lowest BCUT2D eigenvalue weighted by Crippen LogP contribution is -2.25. The third-order valence-electron chi connectivity index (χ3n) is 2.91. The van der Waals surface area contributed by atoms with Gasteiger partial charge in [-0.15, -0.1) is 0 Å². The van der Waals surface area contributed by atoms with Gasteiger partial charge in [0.2, 0.25) is 5.91 Å². The number of H-pyrrole nitrogens is 1. The van der Waals surface area contributed by atoms with E-state index in [9.17, 15) is 4.79 Å². The largest absolute Gasteiger partial charge is 0.342 e. The van der Waals surface area contributed by atoms with Crippen LogP contribution in [0.3, 0.4) is 0 Å². The summed E-state index contributed by atoms with van der Waals surface area (Å²) in [7, 11) is 0. The second-order valence-corrected chi connectivity index (χ2v) is 3.92. The van der Waals surface area contributed by atoms with Crippen LogP contribution in [0.2, 0.25) is 0 Å². The van der Waals surface area contributed by atoms with E-state index in [-0.39, 0.29) is 5.91 Å². The highest BCUT2D eigenvalue weighted by Gasteiger charge is 2.27. The average molecular weight is 193 g/mol. The zero-order valence-electron chi connectivity index (χ0n) is 8.58. The van der Waals surface area contributed by atoms with Gasteiger partial charge in [-0.05, 0) is 18.9 Å². The predicted octanol–water partition coefficient (Wildman–Crippen LogP) is 1.05. The van der Waals surface area contributed by atoms with Crippen molar-refractivity contribution in [2.24, 2.45) is 0 Å². The van der Waals surface area contributed by atoms with Crippen LogP contribution in [-0.4, -0.2) is 34.1 Å². The number of hydrogen-bond donors (Lipinski definition) is 1. The summed E-state index contributed by atoms with van der Waals surface area (Å²) in [5.74, 6) is 0.617. The normalized spacial score (nSPS) is 21.6. The monoisotopic (exact) mass is 193 g/mol. The second kappa shape index (κ2) is 3.44. The van der Waals surface area contributed by atoms with E-state index < -0.39 is 0 Å². The fourth-order valence-electron chi connectivity index (χ4n) is 2.05. The number of aromatic amines is 1. The van der Waals surface area contributed by atoms with E-state index in [0.29, 0.717) is 5.92 Å². The molecule has 2 rings (SSSR count). The SMILES string of the molecule is CC(=O)N1CCC(c2[nH]ncc2C)C1. The molecule has 1 amide bonds. The third kappa shape index (κ3) is 1.52. The minimum Gasteiger partial charge on any atom is -0.342 e. The Morgan fingerprint density at radius 1 is 1.71 bits per heavy atom. The predicted molar refractivity (Wildman–Crippen MR) is 52.9 cm³/mol. The fraction of sp³-hybridized carbons (Fsp3) is 0.600. The van der Waals surface area contributed by atoms with Crippen molar-refractivity contribution in [1.82, 2.24) is 15.1 Å². The minimum atomic E-state index is 0.171. The van der Waals surface area contributed by atoms with Crippen molar-refractivity contribution in [2.45, 2.75) is 26.2 Å². The van der Waals surface area contributed by atoms with E-state index in [1.807, 2.05) is 11.1 Å². The van der Waals surface area contributed by atoms with Crippen LogP contribution in [0.5, 0.6) is 0 Å². The number of likely N-dealkylation sites (tertiary alicyclic amines) is 1. The number of aryl methyl sites for hydroxylation is 1. The second-order valence-electron chi connectivity index (χ2n) is 3.92. The molecule has 2 heterocycles. The minimum absolute atomic E-state index is 0.171. The first kappa shape index (κ1) is 9.24. The van der Waals surface area contributed by atoms with Crippen LogP contribution in [-0.2, 0) is 4.79 Å². The molecule has 0 bridgehead atoms. The van der Waals surface area contributed by atoms with E-state index in [4.69, 9.17) is 0 Å². The third-order valence-corrected chi connectivity index (χ3v) is 2.91. The van der Waals surface area contributed by atoms with Gasteiger partial charge in [-0.2, -0.15) is 5.10 Å². The Hall–Kier alpha value is -1.32. The Labute approximate surface area is 83.3 Å². The highest BCUT2D eigenvalue weighted by Crippen LogP contribution is 2.27. The van der Waals surface area contributed by atoms with Crippen LogP contribution >= 0.6 is 0 Å². The van der Waals surface area contributed by atoms with Crippen molar-refractivity contribution in [1.29, 1.82) is 0 Å². The zero-order valence-corrected chi connectivity index (χ0v) is 8.58. The highest BCUT2D eigenvalue weighted by atomic mass is 16.2. The molecule has 1 aliphatic rings. The lowest BCUT2D eigenvalue weighted by molar-refractivity contribution is -0.127. The molecule has 1 saturated heterocycles. The molecule has 1 aromatic rings. The number of rotatable bonds is 1. The summed E-state index contributed by atoms with van der Waals surface area (Å²) in [6.07, 6.45) is 2.88. The van der Waals surface area contributed by atoms with Gasteiger partial charge in [-0.3, -0.25) is 9.89 Å². The first-order valence-electron chi connectivity index (χ1n) is 4.94. The molecule has 1 aliphatic heterocycles. The molecule has 0 aromatic carbocycles. The van der Waals surface area contributed by atoms with Crippen molar-refractivity contribution in [2.75, 3.05) is 13.1 Å². The standard InChI is InChI=1S/C10H15N3O/c1-7-5-11-12-10(7)9-3-4-13(6-9)8(2)14/h5,9H,3-4,6H2,1-2H3,(H,11,12). The van der Waals surface area contributed by atoms with Gasteiger partial charge in [-0.1, -0.05) is 0 Å². The summed E-state index contributed by atoms with van der Waals surface area (Å²) in [4.78, 5) is 13.0. The van der Waals surface area contributed by atoms with Crippen LogP contribution in [0, 0.1) is 6.92 Å². The molecule has 1 N–H and O–H groups in total. The molecule has 1 unspecified atom stereocenters. The van der Waals surface area contributed by atoms with Crippen molar-refractivity contribution >= 4 is 5.91 Å². The summed E-state index contributed by atoms with van der Waals surface area (Å²) in [5.41, 5.74) is 2.38. The Morgan fingerprint density at radius 2 is 2.50 bits per heavy atom. The molecule has 1 fully saturated rings. The number of carbonyl (C=O) groups excluding carboxylic acids is 1. The molecule has 0 aliphatic carbocycles. The summed E-state index contributed by atoms with van der Waals surface area (Å²) < 4.78 is 0. The number of hydrogen-bond acceptors (Lipinski definition) is 2. The number of aromatic nitrogens is 2. The van der Waals surface area contributed by atoms with Gasteiger partial charge >= 0.3 is 0 Å². The Bertz CT molecular complexity index is 345. The van der Waals surface area contributed by atoms with Crippen molar-refractivity contribution in [3.8, 4) is 0 Å². The van der Waals surface area contributed by atoms with Gasteiger partial charge in [-0.25, -0.2) is 0 Å². The van der Waals surface area contributed by atoms with Crippen molar-refractivity contribution in [3.63, 3.8) is 0 Å². The van der Waals surface area contributed by atoms with Crippen molar-refractivity contribution in [3.05, 3.63) is 17.5 Å². The van der Waals surface area contributed by atoms with Gasteiger partial charge in [0, 0.05) is 31.6 Å². The van der Waals surface area contributed by atoms with Crippen molar-refractivity contribution < 1.29 is 4.79 Å². The van der Waals surface area contributed by atoms with Crippen LogP contribution < -0.4 is 0 Å². The first-order valence-corrected chi connectivity index (χ1v) is 4.94. The maximum absolute atomic E-state index is 11.1. The van der Waals surface area contributed by atoms with Crippen LogP contribution in [0.1, 0.15) is 30.5 Å². The maximum atomic E-state index is 11.1. The van der Waals surface area contributed by atoms with E-state index in [1.54, 1.807) is 6.92 Å². The number of carbonyl (C=O) groups is 1. The molecule has 0 spiro atoms. The van der Waals surface area contributed by atoms with E-state index in [2.05, 4.69) is 17.1 Å². The highest BCUT2D eigenvalue weighted by molar-refractivity contribution is 5.73. The maximum Gasteiger partial charge on any atom is 0.219 e. The zero-order chi connectivity index (χ0) is 10.1. The van der Waals surface area contributed by atoms with Gasteiger partial charge in [0.05, 0.1) is 6.20 Å². The number of amides is 1. The molecule has 0 saturated carbocycles. The molecule has 1 atom stereocenters. The molecule has 4 heteroatoms. The van der Waals surface area contributed by atoms with Gasteiger partial charge in [0.15, 0.2) is 0 Å². The average Bonchev–Trinajstić information content (AvgIpc) is 2.71. The number of nitrogens with zero attached hydrogens (tertiary/aromatic N) is 2. The topological polar surface area (TPSA) is 49.0 Å². The summed E-state index contributed by atoms with van der Waals surface area (Å²) >= 11 is 0. The first-order chi connectivity index (χ1) is 6.68. The molecule has 76 valence electrons. The van der Waals surface area contributed by atoms with E-state index >= 15 is 0 Å². The van der Waals surface area contributed by atoms with E-state index in [1.165, 1.54) is 11.3 Å². The summed E-state index contributed by atoms with van der Waals surface area (Å²) in [6.45, 7) is 5.38. The van der Waals surface area contributed by atoms with Gasteiger partial charge in [0.1, 0.15) is 0 Å². The Balaban J connectivity index is 2.10. The quantitative estimate of drug-likeness (QED) is 0.724. The lowest BCUT2D eigenvalue weighted by atomic mass is 10.0. The Morgan fingerprint density at radius 3 is 3.00 bits per heavy atom. The molecule has 4 nitrogen and oxygen atoms in total. The Kier molecular flexibility index (Phi) is 2.27. The molecule has 1 aromatic heterocycles. The molecule has 14 heavy (non-hydrogen) atoms. The van der Waals surface area contributed by atoms with Crippen LogP contribution in [0.15, 0.2) is 6.20 Å². The van der Waals surface area contributed by atoms with Crippen LogP contribution in [0.4, 0.5) is 0 Å². The molecular weight excluding hydrogens is 178 g/mol. The molecule has 0 radical (unpaired) electrons. The lowest BCUT2D eigenvalue weighted by Gasteiger charge is -2.13. The summed E-state index contributed by atoms with van der Waals surface area (Å²) in [6, 6.07) is 0.